The van der Waals surface area contributed by atoms with Crippen LogP contribution in [0.25, 0.3) is 0 Å². The van der Waals surface area contributed by atoms with Gasteiger partial charge >= 0.3 is 0 Å². The van der Waals surface area contributed by atoms with Gasteiger partial charge in [0.1, 0.15) is 5.82 Å². The van der Waals surface area contributed by atoms with Gasteiger partial charge in [0.25, 0.3) is 0 Å². The molecule has 2 unspecified atom stereocenters. The molecular weight excluding hydrogens is 251 g/mol. The van der Waals surface area contributed by atoms with E-state index >= 15 is 0 Å². The van der Waals surface area contributed by atoms with E-state index in [4.69, 9.17) is 0 Å². The summed E-state index contributed by atoms with van der Waals surface area (Å²) in [5.74, 6) is 0.557. The van der Waals surface area contributed by atoms with Crippen molar-refractivity contribution in [2.24, 2.45) is 5.92 Å². The van der Waals surface area contributed by atoms with Crippen LogP contribution in [-0.4, -0.2) is 30.6 Å². The minimum Gasteiger partial charge on any atom is -0.312 e. The highest BCUT2D eigenvalue weighted by Crippen LogP contribution is 2.17. The van der Waals surface area contributed by atoms with Crippen molar-refractivity contribution >= 4 is 0 Å². The monoisotopic (exact) mass is 278 g/mol. The molecule has 0 radical (unpaired) electrons. The summed E-state index contributed by atoms with van der Waals surface area (Å²) < 4.78 is 13.4. The molecule has 0 bridgehead atoms. The fraction of sp³-hybridized carbons (Fsp3) is 0.647. The van der Waals surface area contributed by atoms with Crippen LogP contribution in [0, 0.1) is 18.7 Å². The Morgan fingerprint density at radius 1 is 1.45 bits per heavy atom. The Morgan fingerprint density at radius 2 is 2.25 bits per heavy atom. The van der Waals surface area contributed by atoms with Crippen molar-refractivity contribution in [3.05, 3.63) is 35.1 Å². The maximum absolute atomic E-state index is 13.4. The second-order valence-electron chi connectivity index (χ2n) is 6.11. The van der Waals surface area contributed by atoms with Gasteiger partial charge in [0.15, 0.2) is 0 Å². The normalized spacial score (nSPS) is 22.5. The van der Waals surface area contributed by atoms with Crippen LogP contribution < -0.4 is 5.32 Å². The van der Waals surface area contributed by atoms with Crippen LogP contribution >= 0.6 is 0 Å². The van der Waals surface area contributed by atoms with E-state index in [2.05, 4.69) is 31.0 Å². The van der Waals surface area contributed by atoms with Crippen LogP contribution in [0.2, 0.25) is 0 Å². The van der Waals surface area contributed by atoms with Gasteiger partial charge < -0.3 is 5.32 Å². The first-order valence-corrected chi connectivity index (χ1v) is 7.81. The van der Waals surface area contributed by atoms with Crippen molar-refractivity contribution in [1.82, 2.24) is 10.2 Å². The summed E-state index contributed by atoms with van der Waals surface area (Å²) in [6, 6.07) is 5.67. The van der Waals surface area contributed by atoms with Crippen molar-refractivity contribution < 1.29 is 4.39 Å². The molecule has 1 aliphatic heterocycles. The number of nitrogens with zero attached hydrogens (tertiary/aromatic N) is 1. The first-order chi connectivity index (χ1) is 9.60. The van der Waals surface area contributed by atoms with Crippen LogP contribution in [0.4, 0.5) is 4.39 Å². The van der Waals surface area contributed by atoms with E-state index in [-0.39, 0.29) is 5.82 Å². The zero-order valence-corrected chi connectivity index (χ0v) is 13.0. The molecule has 20 heavy (non-hydrogen) atoms. The lowest BCUT2D eigenvalue weighted by atomic mass is 9.98. The van der Waals surface area contributed by atoms with Crippen LogP contribution in [0.3, 0.4) is 0 Å². The molecular formula is C17H27FN2. The molecule has 2 nitrogen and oxygen atoms in total. The number of benzene rings is 1. The van der Waals surface area contributed by atoms with E-state index in [1.165, 1.54) is 18.4 Å². The zero-order chi connectivity index (χ0) is 14.5. The third-order valence-corrected chi connectivity index (χ3v) is 4.55. The Morgan fingerprint density at radius 3 is 3.00 bits per heavy atom. The summed E-state index contributed by atoms with van der Waals surface area (Å²) >= 11 is 0. The fourth-order valence-electron chi connectivity index (χ4n) is 2.88. The fourth-order valence-corrected chi connectivity index (χ4v) is 2.88. The lowest BCUT2D eigenvalue weighted by molar-refractivity contribution is 0.231. The summed E-state index contributed by atoms with van der Waals surface area (Å²) in [6.07, 6.45) is 2.37. The molecule has 2 rings (SSSR count). The Bertz CT molecular complexity index is 433. The molecule has 1 fully saturated rings. The molecule has 0 saturated carbocycles. The zero-order valence-electron chi connectivity index (χ0n) is 13.0. The van der Waals surface area contributed by atoms with E-state index in [0.29, 0.717) is 12.0 Å². The second kappa shape index (κ2) is 7.19. The molecule has 0 aromatic heterocycles. The molecule has 1 saturated heterocycles. The first-order valence-electron chi connectivity index (χ1n) is 7.81. The van der Waals surface area contributed by atoms with Crippen LogP contribution in [-0.2, 0) is 6.54 Å². The van der Waals surface area contributed by atoms with Gasteiger partial charge in [-0.05, 0) is 55.6 Å². The van der Waals surface area contributed by atoms with Gasteiger partial charge in [0.05, 0.1) is 0 Å². The van der Waals surface area contributed by atoms with Gasteiger partial charge in [0, 0.05) is 19.1 Å². The van der Waals surface area contributed by atoms with Gasteiger partial charge in [-0.2, -0.15) is 0 Å². The third-order valence-electron chi connectivity index (χ3n) is 4.55. The quantitative estimate of drug-likeness (QED) is 0.908. The SMILES string of the molecule is CCC(C)C1CN(Cc2cc(F)ccc2C)CCCN1. The summed E-state index contributed by atoms with van der Waals surface area (Å²) in [4.78, 5) is 2.47. The van der Waals surface area contributed by atoms with E-state index in [1.807, 2.05) is 6.07 Å². The number of hydrogen-bond donors (Lipinski definition) is 1. The van der Waals surface area contributed by atoms with Crippen LogP contribution in [0.1, 0.15) is 37.8 Å². The molecule has 1 aromatic carbocycles. The van der Waals surface area contributed by atoms with Gasteiger partial charge in [-0.1, -0.05) is 26.3 Å². The molecule has 0 aliphatic carbocycles. The van der Waals surface area contributed by atoms with Gasteiger partial charge in [-0.25, -0.2) is 4.39 Å². The average molecular weight is 278 g/mol. The maximum atomic E-state index is 13.4. The van der Waals surface area contributed by atoms with Crippen molar-refractivity contribution in [1.29, 1.82) is 0 Å². The van der Waals surface area contributed by atoms with Crippen LogP contribution in [0.15, 0.2) is 18.2 Å². The third kappa shape index (κ3) is 4.03. The number of halogens is 1. The Hall–Kier alpha value is -0.930. The van der Waals surface area contributed by atoms with Crippen molar-refractivity contribution in [2.45, 2.75) is 46.2 Å². The summed E-state index contributed by atoms with van der Waals surface area (Å²) in [5.41, 5.74) is 2.30. The molecule has 1 N–H and O–H groups in total. The Kier molecular flexibility index (Phi) is 5.55. The Balaban J connectivity index is 2.05. The Labute approximate surface area is 122 Å². The molecule has 3 heteroatoms. The summed E-state index contributed by atoms with van der Waals surface area (Å²) in [6.45, 7) is 10.7. The minimum absolute atomic E-state index is 0.128. The number of aryl methyl sites for hydroxylation is 1. The standard InChI is InChI=1S/C17H27FN2/c1-4-13(2)17-12-20(9-5-8-19-17)11-15-10-16(18)7-6-14(15)3/h6-7,10,13,17,19H,4-5,8-9,11-12H2,1-3H3. The number of rotatable bonds is 4. The van der Waals surface area contributed by atoms with Gasteiger partial charge in [-0.3, -0.25) is 4.90 Å². The van der Waals surface area contributed by atoms with E-state index in [1.54, 1.807) is 12.1 Å². The lowest BCUT2D eigenvalue weighted by Gasteiger charge is -2.28. The van der Waals surface area contributed by atoms with Gasteiger partial charge in [-0.15, -0.1) is 0 Å². The predicted octanol–water partition coefficient (Wildman–Crippen LogP) is 3.34. The lowest BCUT2D eigenvalue weighted by Crippen LogP contribution is -2.41. The predicted molar refractivity (Wildman–Crippen MR) is 82.3 cm³/mol. The summed E-state index contributed by atoms with van der Waals surface area (Å²) in [5, 5.41) is 3.66. The molecule has 2 atom stereocenters. The number of hydrogen-bond acceptors (Lipinski definition) is 2. The smallest absolute Gasteiger partial charge is 0.123 e. The first kappa shape index (κ1) is 15.5. The topological polar surface area (TPSA) is 15.3 Å². The highest BCUT2D eigenvalue weighted by atomic mass is 19.1. The largest absolute Gasteiger partial charge is 0.312 e. The molecule has 1 aliphatic rings. The van der Waals surface area contributed by atoms with E-state index < -0.39 is 0 Å². The average Bonchev–Trinajstić information content (AvgIpc) is 2.67. The molecule has 0 spiro atoms. The molecule has 1 aromatic rings. The van der Waals surface area contributed by atoms with Crippen molar-refractivity contribution in [2.75, 3.05) is 19.6 Å². The highest BCUT2D eigenvalue weighted by molar-refractivity contribution is 5.26. The van der Waals surface area contributed by atoms with Crippen molar-refractivity contribution in [3.63, 3.8) is 0 Å². The molecule has 1 heterocycles. The molecule has 112 valence electrons. The van der Waals surface area contributed by atoms with Gasteiger partial charge in [0.2, 0.25) is 0 Å². The minimum atomic E-state index is -0.128. The second-order valence-corrected chi connectivity index (χ2v) is 6.11. The van der Waals surface area contributed by atoms with E-state index in [9.17, 15) is 4.39 Å². The van der Waals surface area contributed by atoms with Crippen molar-refractivity contribution in [3.8, 4) is 0 Å². The van der Waals surface area contributed by atoms with E-state index in [0.717, 1.165) is 31.7 Å². The molecule has 0 amide bonds. The highest BCUT2D eigenvalue weighted by Gasteiger charge is 2.22. The van der Waals surface area contributed by atoms with Crippen LogP contribution in [0.5, 0.6) is 0 Å². The summed E-state index contributed by atoms with van der Waals surface area (Å²) in [7, 11) is 0. The number of nitrogens with one attached hydrogen (secondary N) is 1. The maximum Gasteiger partial charge on any atom is 0.123 e.